The summed E-state index contributed by atoms with van der Waals surface area (Å²) in [5.74, 6) is -0.0366. The summed E-state index contributed by atoms with van der Waals surface area (Å²) in [6, 6.07) is -0.275. The molecule has 0 radical (unpaired) electrons. The molecule has 0 aliphatic heterocycles. The quantitative estimate of drug-likeness (QED) is 0.715. The van der Waals surface area contributed by atoms with Gasteiger partial charge in [-0.3, -0.25) is 4.79 Å². The number of unbranched alkanes of at least 4 members (excludes halogenated alkanes) is 1. The highest BCUT2D eigenvalue weighted by atomic mass is 32.2. The molecule has 0 saturated carbocycles. The molecule has 0 aromatic carbocycles. The molecule has 0 fully saturated rings. The first kappa shape index (κ1) is 18.0. The minimum absolute atomic E-state index is 0.0340. The normalized spacial score (nSPS) is 13.7. The molecule has 0 spiro atoms. The van der Waals surface area contributed by atoms with E-state index in [1.54, 1.807) is 18.7 Å². The van der Waals surface area contributed by atoms with Crippen molar-refractivity contribution in [3.63, 3.8) is 0 Å². The van der Waals surface area contributed by atoms with E-state index in [4.69, 9.17) is 5.11 Å². The summed E-state index contributed by atoms with van der Waals surface area (Å²) >= 11 is 2.76. The van der Waals surface area contributed by atoms with Gasteiger partial charge in [-0.2, -0.15) is 0 Å². The minimum atomic E-state index is -0.974. The standard InChI is InChI=1S/C14H22N2O3S2/c1-5-6-7-20-10(4)12(17)15-9(3)13-16-8(2)11(21-13)14(18)19/h9-10H,5-7H2,1-4H3,(H,15,17)(H,18,19). The summed E-state index contributed by atoms with van der Waals surface area (Å²) in [5, 5.41) is 12.4. The van der Waals surface area contributed by atoms with Gasteiger partial charge in [-0.1, -0.05) is 13.3 Å². The number of aryl methyl sites for hydroxylation is 1. The molecule has 0 aliphatic carbocycles. The maximum Gasteiger partial charge on any atom is 0.347 e. The van der Waals surface area contributed by atoms with Crippen molar-refractivity contribution >= 4 is 35.0 Å². The first-order valence-corrected chi connectivity index (χ1v) is 8.85. The molecule has 0 saturated heterocycles. The fourth-order valence-electron chi connectivity index (χ4n) is 1.67. The molecule has 1 heterocycles. The predicted octanol–water partition coefficient (Wildman–Crippen LogP) is 3.25. The fourth-order valence-corrected chi connectivity index (χ4v) is 3.61. The van der Waals surface area contributed by atoms with Gasteiger partial charge < -0.3 is 10.4 Å². The number of rotatable bonds is 8. The van der Waals surface area contributed by atoms with E-state index in [9.17, 15) is 9.59 Å². The summed E-state index contributed by atoms with van der Waals surface area (Å²) < 4.78 is 0. The summed E-state index contributed by atoms with van der Waals surface area (Å²) in [7, 11) is 0. The van der Waals surface area contributed by atoms with Gasteiger partial charge in [-0.05, 0) is 32.9 Å². The van der Waals surface area contributed by atoms with Crippen LogP contribution in [0.3, 0.4) is 0 Å². The number of thioether (sulfide) groups is 1. The largest absolute Gasteiger partial charge is 0.477 e. The lowest BCUT2D eigenvalue weighted by atomic mass is 10.3. The topological polar surface area (TPSA) is 79.3 Å². The van der Waals surface area contributed by atoms with Gasteiger partial charge in [0.2, 0.25) is 5.91 Å². The van der Waals surface area contributed by atoms with Gasteiger partial charge in [-0.15, -0.1) is 23.1 Å². The maximum absolute atomic E-state index is 12.1. The molecule has 1 aromatic heterocycles. The van der Waals surface area contributed by atoms with E-state index in [0.717, 1.165) is 29.9 Å². The first-order chi connectivity index (χ1) is 9.86. The van der Waals surface area contributed by atoms with E-state index in [1.807, 2.05) is 13.8 Å². The molecule has 1 rings (SSSR count). The van der Waals surface area contributed by atoms with Gasteiger partial charge in [-0.25, -0.2) is 9.78 Å². The van der Waals surface area contributed by atoms with Crippen LogP contribution in [0, 0.1) is 6.92 Å². The lowest BCUT2D eigenvalue weighted by Crippen LogP contribution is -2.33. The SMILES string of the molecule is CCCCSC(C)C(=O)NC(C)c1nc(C)c(C(=O)O)s1. The van der Waals surface area contributed by atoms with E-state index in [-0.39, 0.29) is 22.1 Å². The van der Waals surface area contributed by atoms with Crippen molar-refractivity contribution in [1.82, 2.24) is 10.3 Å². The number of nitrogens with zero attached hydrogens (tertiary/aromatic N) is 1. The summed E-state index contributed by atoms with van der Waals surface area (Å²) in [6.07, 6.45) is 2.22. The van der Waals surface area contributed by atoms with Crippen LogP contribution in [0.4, 0.5) is 0 Å². The van der Waals surface area contributed by atoms with E-state index >= 15 is 0 Å². The maximum atomic E-state index is 12.1. The van der Waals surface area contributed by atoms with Crippen LogP contribution in [0.25, 0.3) is 0 Å². The van der Waals surface area contributed by atoms with E-state index in [1.165, 1.54) is 0 Å². The monoisotopic (exact) mass is 330 g/mol. The molecule has 1 amide bonds. The molecule has 2 N–H and O–H groups in total. The summed E-state index contributed by atoms with van der Waals surface area (Å²) in [6.45, 7) is 7.50. The highest BCUT2D eigenvalue weighted by molar-refractivity contribution is 8.00. The third-order valence-corrected chi connectivity index (χ3v) is 5.54. The Morgan fingerprint density at radius 1 is 1.43 bits per heavy atom. The van der Waals surface area contributed by atoms with Crippen molar-refractivity contribution in [1.29, 1.82) is 0 Å². The number of amides is 1. The molecule has 0 aliphatic rings. The molecule has 2 unspecified atom stereocenters. The number of carbonyl (C=O) groups excluding carboxylic acids is 1. The molecule has 1 aromatic rings. The molecule has 7 heteroatoms. The van der Waals surface area contributed by atoms with Gasteiger partial charge in [0.05, 0.1) is 17.0 Å². The zero-order chi connectivity index (χ0) is 16.0. The van der Waals surface area contributed by atoms with E-state index in [2.05, 4.69) is 17.2 Å². The average Bonchev–Trinajstić information content (AvgIpc) is 2.81. The van der Waals surface area contributed by atoms with Gasteiger partial charge in [0, 0.05) is 0 Å². The van der Waals surface area contributed by atoms with Crippen molar-refractivity contribution in [3.8, 4) is 0 Å². The fraction of sp³-hybridized carbons (Fsp3) is 0.643. The van der Waals surface area contributed by atoms with Crippen molar-refractivity contribution < 1.29 is 14.7 Å². The first-order valence-electron chi connectivity index (χ1n) is 6.99. The lowest BCUT2D eigenvalue weighted by molar-refractivity contribution is -0.120. The van der Waals surface area contributed by atoms with E-state index < -0.39 is 5.97 Å². The second-order valence-electron chi connectivity index (χ2n) is 4.87. The summed E-state index contributed by atoms with van der Waals surface area (Å²) in [4.78, 5) is 27.6. The number of thiazole rings is 1. The number of aromatic carboxylic acids is 1. The van der Waals surface area contributed by atoms with Crippen molar-refractivity contribution in [3.05, 3.63) is 15.6 Å². The number of carboxylic acids is 1. The van der Waals surface area contributed by atoms with Gasteiger partial charge in [0.15, 0.2) is 0 Å². The van der Waals surface area contributed by atoms with Crippen LogP contribution in [0.15, 0.2) is 0 Å². The molecule has 21 heavy (non-hydrogen) atoms. The second kappa shape index (κ2) is 8.38. The highest BCUT2D eigenvalue weighted by Gasteiger charge is 2.21. The number of nitrogens with one attached hydrogen (secondary N) is 1. The molecular weight excluding hydrogens is 308 g/mol. The molecular formula is C14H22N2O3S2. The zero-order valence-electron chi connectivity index (χ0n) is 12.8. The Kier molecular flexibility index (Phi) is 7.17. The second-order valence-corrected chi connectivity index (χ2v) is 7.35. The Bertz CT molecular complexity index is 502. The van der Waals surface area contributed by atoms with Crippen LogP contribution in [-0.4, -0.2) is 33.0 Å². The number of carboxylic acid groups (broad SMARTS) is 1. The molecule has 0 bridgehead atoms. The van der Waals surface area contributed by atoms with Crippen LogP contribution in [-0.2, 0) is 4.79 Å². The summed E-state index contributed by atoms with van der Waals surface area (Å²) in [5.41, 5.74) is 0.494. The van der Waals surface area contributed by atoms with Crippen LogP contribution < -0.4 is 5.32 Å². The number of hydrogen-bond donors (Lipinski definition) is 2. The Morgan fingerprint density at radius 2 is 2.10 bits per heavy atom. The van der Waals surface area contributed by atoms with Crippen molar-refractivity contribution in [2.75, 3.05) is 5.75 Å². The Labute approximate surface area is 133 Å². The smallest absolute Gasteiger partial charge is 0.347 e. The molecule has 2 atom stereocenters. The van der Waals surface area contributed by atoms with Crippen molar-refractivity contribution in [2.45, 2.75) is 51.8 Å². The predicted molar refractivity (Wildman–Crippen MR) is 87.2 cm³/mol. The lowest BCUT2D eigenvalue weighted by Gasteiger charge is -2.15. The van der Waals surface area contributed by atoms with Gasteiger partial charge >= 0.3 is 5.97 Å². The zero-order valence-corrected chi connectivity index (χ0v) is 14.4. The highest BCUT2D eigenvalue weighted by Crippen LogP contribution is 2.24. The average molecular weight is 330 g/mol. The Balaban J connectivity index is 2.59. The van der Waals surface area contributed by atoms with Gasteiger partial charge in [0.25, 0.3) is 0 Å². The van der Waals surface area contributed by atoms with Gasteiger partial charge in [0.1, 0.15) is 9.88 Å². The molecule has 5 nitrogen and oxygen atoms in total. The van der Waals surface area contributed by atoms with Crippen molar-refractivity contribution in [2.24, 2.45) is 0 Å². The third-order valence-electron chi connectivity index (χ3n) is 2.97. The third kappa shape index (κ3) is 5.32. The van der Waals surface area contributed by atoms with Crippen LogP contribution in [0.5, 0.6) is 0 Å². The Hall–Kier alpha value is -1.08. The Morgan fingerprint density at radius 3 is 2.62 bits per heavy atom. The number of carbonyl (C=O) groups is 2. The van der Waals surface area contributed by atoms with Crippen LogP contribution in [0.1, 0.15) is 60.0 Å². The van der Waals surface area contributed by atoms with Crippen LogP contribution in [0.2, 0.25) is 0 Å². The number of hydrogen-bond acceptors (Lipinski definition) is 5. The number of aromatic nitrogens is 1. The van der Waals surface area contributed by atoms with Crippen LogP contribution >= 0.6 is 23.1 Å². The molecule has 118 valence electrons. The van der Waals surface area contributed by atoms with E-state index in [0.29, 0.717) is 10.7 Å². The minimum Gasteiger partial charge on any atom is -0.477 e.